The maximum Gasteiger partial charge on any atom is 0.252 e. The molecule has 1 aliphatic rings. The van der Waals surface area contributed by atoms with Crippen LogP contribution < -0.4 is 10.6 Å². The Bertz CT molecular complexity index is 1030. The molecule has 2 N–H and O–H groups in total. The van der Waals surface area contributed by atoms with Crippen LogP contribution in [0.3, 0.4) is 0 Å². The zero-order valence-corrected chi connectivity index (χ0v) is 15.2. The average molecular weight is 382 g/mol. The Morgan fingerprint density at radius 2 is 2.00 bits per heavy atom. The van der Waals surface area contributed by atoms with E-state index in [4.69, 9.17) is 11.6 Å². The van der Waals surface area contributed by atoms with E-state index in [1.807, 2.05) is 37.3 Å². The molecule has 136 valence electrons. The van der Waals surface area contributed by atoms with Gasteiger partial charge in [-0.1, -0.05) is 48.0 Å². The molecule has 0 bridgehead atoms. The van der Waals surface area contributed by atoms with Gasteiger partial charge in [0, 0.05) is 16.3 Å². The van der Waals surface area contributed by atoms with Crippen LogP contribution in [-0.2, 0) is 9.59 Å². The van der Waals surface area contributed by atoms with Crippen LogP contribution in [0.5, 0.6) is 0 Å². The predicted octanol–water partition coefficient (Wildman–Crippen LogP) is 3.43. The van der Waals surface area contributed by atoms with E-state index >= 15 is 0 Å². The molecule has 0 saturated heterocycles. The number of nitrogens with one attached hydrogen (secondary N) is 2. The summed E-state index contributed by atoms with van der Waals surface area (Å²) in [5.41, 5.74) is 2.23. The van der Waals surface area contributed by atoms with Crippen molar-refractivity contribution in [1.29, 1.82) is 0 Å². The number of hydrogen-bond donors (Lipinski definition) is 2. The number of aromatic nitrogens is 3. The number of carbonyl (C=O) groups is 2. The number of rotatable bonds is 4. The first kappa shape index (κ1) is 17.2. The van der Waals surface area contributed by atoms with Gasteiger partial charge in [-0.3, -0.25) is 14.9 Å². The van der Waals surface area contributed by atoms with Crippen molar-refractivity contribution in [2.24, 2.45) is 0 Å². The van der Waals surface area contributed by atoms with E-state index in [0.29, 0.717) is 22.5 Å². The second-order valence-corrected chi connectivity index (χ2v) is 6.65. The minimum atomic E-state index is -0.746. The molecule has 2 aromatic carbocycles. The average Bonchev–Trinajstić information content (AvgIpc) is 3.19. The lowest BCUT2D eigenvalue weighted by molar-refractivity contribution is -0.123. The van der Waals surface area contributed by atoms with Crippen molar-refractivity contribution in [2.45, 2.75) is 19.4 Å². The molecule has 1 atom stereocenters. The highest BCUT2D eigenvalue weighted by Crippen LogP contribution is 2.29. The highest BCUT2D eigenvalue weighted by atomic mass is 35.5. The van der Waals surface area contributed by atoms with Gasteiger partial charge in [-0.15, -0.1) is 5.10 Å². The topological polar surface area (TPSA) is 88.9 Å². The van der Waals surface area contributed by atoms with Gasteiger partial charge >= 0.3 is 0 Å². The van der Waals surface area contributed by atoms with Gasteiger partial charge in [-0.2, -0.15) is 4.98 Å². The molecule has 4 rings (SSSR count). The van der Waals surface area contributed by atoms with Crippen molar-refractivity contribution in [2.75, 3.05) is 10.6 Å². The molecule has 3 aromatic rings. The van der Waals surface area contributed by atoms with E-state index < -0.39 is 6.04 Å². The first-order valence-electron chi connectivity index (χ1n) is 8.41. The number of hydrogen-bond acceptors (Lipinski definition) is 4. The quantitative estimate of drug-likeness (QED) is 0.724. The van der Waals surface area contributed by atoms with Gasteiger partial charge < -0.3 is 5.32 Å². The van der Waals surface area contributed by atoms with Crippen LogP contribution in [0.25, 0.3) is 11.4 Å². The molecular formula is C19H16ClN5O2. The van der Waals surface area contributed by atoms with Crippen LogP contribution in [0.1, 0.15) is 18.0 Å². The van der Waals surface area contributed by atoms with E-state index in [0.717, 1.165) is 11.1 Å². The number of fused-ring (bicyclic) bond motifs is 1. The van der Waals surface area contributed by atoms with Crippen LogP contribution in [0, 0.1) is 6.92 Å². The molecule has 2 amide bonds. The van der Waals surface area contributed by atoms with E-state index in [1.165, 1.54) is 4.68 Å². The molecule has 0 unspecified atom stereocenters. The zero-order valence-electron chi connectivity index (χ0n) is 14.4. The van der Waals surface area contributed by atoms with E-state index in [-0.39, 0.29) is 18.2 Å². The van der Waals surface area contributed by atoms with Crippen LogP contribution >= 0.6 is 11.6 Å². The van der Waals surface area contributed by atoms with E-state index in [2.05, 4.69) is 20.7 Å². The number of benzene rings is 2. The molecule has 0 radical (unpaired) electrons. The van der Waals surface area contributed by atoms with Crippen molar-refractivity contribution < 1.29 is 9.59 Å². The molecule has 8 heteroatoms. The Kier molecular flexibility index (Phi) is 4.37. The zero-order chi connectivity index (χ0) is 19.0. The maximum absolute atomic E-state index is 12.5. The van der Waals surface area contributed by atoms with Crippen LogP contribution in [0.15, 0.2) is 48.5 Å². The third-order valence-corrected chi connectivity index (χ3v) is 4.83. The van der Waals surface area contributed by atoms with Crippen molar-refractivity contribution in [1.82, 2.24) is 14.8 Å². The third kappa shape index (κ3) is 3.29. The number of carbonyl (C=O) groups excluding carboxylic acids is 2. The monoisotopic (exact) mass is 381 g/mol. The summed E-state index contributed by atoms with van der Waals surface area (Å²) in [4.78, 5) is 29.1. The largest absolute Gasteiger partial charge is 0.326 e. The second kappa shape index (κ2) is 6.85. The summed E-state index contributed by atoms with van der Waals surface area (Å²) >= 11 is 6.08. The minimum absolute atomic E-state index is 0.0532. The summed E-state index contributed by atoms with van der Waals surface area (Å²) in [6, 6.07) is 14.0. The predicted molar refractivity (Wildman–Crippen MR) is 103 cm³/mol. The van der Waals surface area contributed by atoms with Crippen LogP contribution in [0.2, 0.25) is 5.02 Å². The van der Waals surface area contributed by atoms with Gasteiger partial charge in [-0.05, 0) is 24.6 Å². The Hall–Kier alpha value is -3.19. The van der Waals surface area contributed by atoms with Crippen molar-refractivity contribution in [3.05, 3.63) is 59.1 Å². The lowest BCUT2D eigenvalue weighted by atomic mass is 10.1. The fraction of sp³-hybridized carbons (Fsp3) is 0.158. The molecule has 27 heavy (non-hydrogen) atoms. The molecule has 1 aliphatic heterocycles. The molecule has 0 saturated carbocycles. The Labute approximate surface area is 160 Å². The molecular weight excluding hydrogens is 366 g/mol. The van der Waals surface area contributed by atoms with E-state index in [9.17, 15) is 9.59 Å². The Morgan fingerprint density at radius 3 is 2.78 bits per heavy atom. The van der Waals surface area contributed by atoms with Gasteiger partial charge in [0.25, 0.3) is 5.91 Å². The normalized spacial score (nSPS) is 15.3. The summed E-state index contributed by atoms with van der Waals surface area (Å²) in [6.45, 7) is 1.82. The fourth-order valence-electron chi connectivity index (χ4n) is 2.94. The van der Waals surface area contributed by atoms with Crippen LogP contribution in [0.4, 0.5) is 11.6 Å². The Morgan fingerprint density at radius 1 is 1.22 bits per heavy atom. The molecule has 7 nitrogen and oxygen atoms in total. The fourth-order valence-corrected chi connectivity index (χ4v) is 3.11. The second-order valence-electron chi connectivity index (χ2n) is 6.24. The van der Waals surface area contributed by atoms with E-state index in [1.54, 1.807) is 18.2 Å². The number of nitrogens with zero attached hydrogens (tertiary/aromatic N) is 3. The highest BCUT2D eigenvalue weighted by Gasteiger charge is 2.35. The van der Waals surface area contributed by atoms with Gasteiger partial charge in [0.05, 0.1) is 6.42 Å². The first-order chi connectivity index (χ1) is 13.0. The lowest BCUT2D eigenvalue weighted by Gasteiger charge is -2.12. The van der Waals surface area contributed by atoms with Crippen molar-refractivity contribution in [3.8, 4) is 11.4 Å². The molecule has 0 aliphatic carbocycles. The highest BCUT2D eigenvalue weighted by molar-refractivity contribution is 6.31. The maximum atomic E-state index is 12.5. The standard InChI is InChI=1S/C19H16ClN5O2/c1-11-13(20)8-5-9-14(11)21-16(26)10-15-18(27)23-19-22-17(24-25(15)19)12-6-3-2-4-7-12/h2-9,15H,10H2,1H3,(H,21,26)(H,22,23,24,27)/t15-/m0/s1. The summed E-state index contributed by atoms with van der Waals surface area (Å²) < 4.78 is 1.47. The van der Waals surface area contributed by atoms with Gasteiger partial charge in [0.2, 0.25) is 11.9 Å². The lowest BCUT2D eigenvalue weighted by Crippen LogP contribution is -2.24. The number of anilines is 2. The SMILES string of the molecule is Cc1c(Cl)cccc1NC(=O)C[C@H]1C(=O)Nc2nc(-c3ccccc3)nn21. The summed E-state index contributed by atoms with van der Waals surface area (Å²) in [7, 11) is 0. The van der Waals surface area contributed by atoms with Crippen LogP contribution in [-0.4, -0.2) is 26.6 Å². The third-order valence-electron chi connectivity index (χ3n) is 4.42. The smallest absolute Gasteiger partial charge is 0.252 e. The number of amides is 2. The van der Waals surface area contributed by atoms with Crippen molar-refractivity contribution in [3.63, 3.8) is 0 Å². The van der Waals surface area contributed by atoms with Gasteiger partial charge in [0.15, 0.2) is 5.82 Å². The minimum Gasteiger partial charge on any atom is -0.326 e. The molecule has 2 heterocycles. The summed E-state index contributed by atoms with van der Waals surface area (Å²) in [5.74, 6) is 0.241. The first-order valence-corrected chi connectivity index (χ1v) is 8.78. The van der Waals surface area contributed by atoms with Gasteiger partial charge in [0.1, 0.15) is 6.04 Å². The summed E-state index contributed by atoms with van der Waals surface area (Å²) in [5, 5.41) is 10.5. The molecule has 0 fully saturated rings. The molecule has 0 spiro atoms. The number of halogens is 1. The van der Waals surface area contributed by atoms with Crippen molar-refractivity contribution >= 4 is 35.1 Å². The molecule has 1 aromatic heterocycles. The Balaban J connectivity index is 1.53. The summed E-state index contributed by atoms with van der Waals surface area (Å²) in [6.07, 6.45) is -0.0532. The van der Waals surface area contributed by atoms with Gasteiger partial charge in [-0.25, -0.2) is 4.68 Å².